The first-order valence-electron chi connectivity index (χ1n) is 8.10. The maximum absolute atomic E-state index is 6.87. The van der Waals surface area contributed by atoms with Gasteiger partial charge in [0.2, 0.25) is 0 Å². The molecule has 4 heteroatoms. The Kier molecular flexibility index (Phi) is 3.80. The van der Waals surface area contributed by atoms with Crippen molar-refractivity contribution in [2.75, 3.05) is 11.4 Å². The average Bonchev–Trinajstić information content (AvgIpc) is 2.48. The Morgan fingerprint density at radius 1 is 1.23 bits per heavy atom. The summed E-state index contributed by atoms with van der Waals surface area (Å²) in [5.41, 5.74) is 14.0. The van der Waals surface area contributed by atoms with E-state index in [9.17, 15) is 0 Å². The molecule has 1 saturated heterocycles. The van der Waals surface area contributed by atoms with Gasteiger partial charge in [-0.05, 0) is 63.3 Å². The minimum Gasteiger partial charge on any atom is -0.359 e. The molecule has 0 amide bonds. The molecule has 0 aromatic heterocycles. The number of hydrogen-bond donors (Lipinski definition) is 3. The molecular formula is C18H26N4. The molecule has 1 saturated carbocycles. The molecule has 2 aliphatic rings. The first kappa shape index (κ1) is 15.2. The van der Waals surface area contributed by atoms with Crippen LogP contribution in [-0.2, 0) is 0 Å². The third-order valence-electron chi connectivity index (χ3n) is 4.94. The molecule has 1 aliphatic heterocycles. The molecule has 0 radical (unpaired) electrons. The lowest BCUT2D eigenvalue weighted by molar-refractivity contribution is 0.124. The van der Waals surface area contributed by atoms with E-state index in [4.69, 9.17) is 11.5 Å². The van der Waals surface area contributed by atoms with Crippen molar-refractivity contribution >= 4 is 5.69 Å². The third kappa shape index (κ3) is 2.67. The molecule has 4 nitrogen and oxygen atoms in total. The van der Waals surface area contributed by atoms with E-state index < -0.39 is 0 Å². The van der Waals surface area contributed by atoms with Crippen molar-refractivity contribution < 1.29 is 0 Å². The Hall–Kier alpha value is -1.70. The molecule has 2 atom stereocenters. The molecule has 0 spiro atoms. The van der Waals surface area contributed by atoms with Crippen molar-refractivity contribution in [3.63, 3.8) is 0 Å². The van der Waals surface area contributed by atoms with Gasteiger partial charge in [-0.3, -0.25) is 0 Å². The quantitative estimate of drug-likeness (QED) is 0.546. The topological polar surface area (TPSA) is 67.3 Å². The number of nitrogens with two attached hydrogens (primary N) is 2. The van der Waals surface area contributed by atoms with Crippen LogP contribution in [-0.4, -0.2) is 23.8 Å². The molecule has 0 bridgehead atoms. The highest BCUT2D eigenvalue weighted by Crippen LogP contribution is 2.38. The normalized spacial score (nSPS) is 30.1. The zero-order valence-electron chi connectivity index (χ0n) is 13.5. The van der Waals surface area contributed by atoms with E-state index in [0.717, 1.165) is 24.9 Å². The van der Waals surface area contributed by atoms with Gasteiger partial charge in [0.1, 0.15) is 5.66 Å². The fourth-order valence-corrected chi connectivity index (χ4v) is 3.90. The first-order chi connectivity index (χ1) is 10.4. The van der Waals surface area contributed by atoms with Gasteiger partial charge in [-0.25, -0.2) is 0 Å². The Morgan fingerprint density at radius 3 is 2.64 bits per heavy atom. The van der Waals surface area contributed by atoms with Crippen molar-refractivity contribution in [1.29, 1.82) is 0 Å². The second-order valence-corrected chi connectivity index (χ2v) is 7.22. The van der Waals surface area contributed by atoms with Crippen LogP contribution in [0.4, 0.5) is 5.69 Å². The molecule has 1 aliphatic carbocycles. The molecule has 2 fully saturated rings. The molecule has 1 heterocycles. The van der Waals surface area contributed by atoms with E-state index in [0.29, 0.717) is 6.04 Å². The van der Waals surface area contributed by atoms with E-state index in [2.05, 4.69) is 48.2 Å². The second-order valence-electron chi connectivity index (χ2n) is 7.22. The number of anilines is 1. The van der Waals surface area contributed by atoms with Gasteiger partial charge in [0, 0.05) is 35.4 Å². The van der Waals surface area contributed by atoms with Gasteiger partial charge in [0.25, 0.3) is 0 Å². The molecule has 3 rings (SSSR count). The number of piperazine rings is 1. The fourth-order valence-electron chi connectivity index (χ4n) is 3.90. The zero-order chi connectivity index (χ0) is 15.8. The summed E-state index contributed by atoms with van der Waals surface area (Å²) in [5.74, 6) is 2.89. The van der Waals surface area contributed by atoms with Crippen molar-refractivity contribution in [1.82, 2.24) is 5.32 Å². The minimum absolute atomic E-state index is 0.0562. The summed E-state index contributed by atoms with van der Waals surface area (Å²) in [6, 6.07) is 11.1. The summed E-state index contributed by atoms with van der Waals surface area (Å²) in [4.78, 5) is 2.40. The second kappa shape index (κ2) is 5.49. The molecule has 118 valence electrons. The van der Waals surface area contributed by atoms with Gasteiger partial charge in [-0.1, -0.05) is 6.42 Å². The standard InChI is InChI=1S/C18H26N4/c1-17(2)13-22(15-8-6-14(7-9-15)10-12-19)18(20)11-4-3-5-16(18)21-17/h6-9,16,21H,3-5,11,13,19-20H2,1-2H3. The summed E-state index contributed by atoms with van der Waals surface area (Å²) in [6.07, 6.45) is 4.63. The fraction of sp³-hybridized carbons (Fsp3) is 0.556. The van der Waals surface area contributed by atoms with Crippen LogP contribution in [0.5, 0.6) is 0 Å². The van der Waals surface area contributed by atoms with E-state index in [-0.39, 0.29) is 11.2 Å². The summed E-state index contributed by atoms with van der Waals surface area (Å²) >= 11 is 0. The van der Waals surface area contributed by atoms with Crippen LogP contribution in [0.15, 0.2) is 24.3 Å². The lowest BCUT2D eigenvalue weighted by Gasteiger charge is -2.58. The van der Waals surface area contributed by atoms with E-state index in [1.165, 1.54) is 18.5 Å². The summed E-state index contributed by atoms with van der Waals surface area (Å²) in [7, 11) is 0. The van der Waals surface area contributed by atoms with E-state index >= 15 is 0 Å². The number of fused-ring (bicyclic) bond motifs is 1. The number of rotatable bonds is 1. The summed E-state index contributed by atoms with van der Waals surface area (Å²) in [6.45, 7) is 5.41. The molecular weight excluding hydrogens is 272 g/mol. The molecule has 2 unspecified atom stereocenters. The Balaban J connectivity index is 1.95. The highest BCUT2D eigenvalue weighted by molar-refractivity contribution is 5.54. The monoisotopic (exact) mass is 298 g/mol. The number of benzene rings is 1. The van der Waals surface area contributed by atoms with Crippen LogP contribution in [0.1, 0.15) is 45.1 Å². The highest BCUT2D eigenvalue weighted by atomic mass is 15.4. The largest absolute Gasteiger partial charge is 0.359 e. The Labute approximate surface area is 133 Å². The number of nitrogens with one attached hydrogen (secondary N) is 1. The van der Waals surface area contributed by atoms with Crippen LogP contribution in [0.25, 0.3) is 0 Å². The Morgan fingerprint density at radius 2 is 1.95 bits per heavy atom. The number of hydrogen-bond acceptors (Lipinski definition) is 4. The predicted octanol–water partition coefficient (Wildman–Crippen LogP) is 1.74. The van der Waals surface area contributed by atoms with Gasteiger partial charge >= 0.3 is 0 Å². The van der Waals surface area contributed by atoms with E-state index in [1.54, 1.807) is 0 Å². The molecule has 1 aromatic carbocycles. The average molecular weight is 298 g/mol. The van der Waals surface area contributed by atoms with Crippen molar-refractivity contribution in [3.8, 4) is 12.0 Å². The Bertz CT molecular complexity index is 596. The number of nitrogens with zero attached hydrogens (tertiary/aromatic N) is 1. The van der Waals surface area contributed by atoms with Gasteiger partial charge in [-0.2, -0.15) is 0 Å². The smallest absolute Gasteiger partial charge is 0.104 e. The maximum atomic E-state index is 6.87. The lowest BCUT2D eigenvalue weighted by atomic mass is 9.78. The first-order valence-corrected chi connectivity index (χ1v) is 8.10. The van der Waals surface area contributed by atoms with Crippen LogP contribution in [0, 0.1) is 12.0 Å². The van der Waals surface area contributed by atoms with Crippen LogP contribution < -0.4 is 21.7 Å². The molecule has 22 heavy (non-hydrogen) atoms. The van der Waals surface area contributed by atoms with Gasteiger partial charge < -0.3 is 21.7 Å². The molecule has 1 aromatic rings. The molecule has 5 N–H and O–H groups in total. The van der Waals surface area contributed by atoms with Gasteiger partial charge in [-0.15, -0.1) is 0 Å². The van der Waals surface area contributed by atoms with Crippen molar-refractivity contribution in [3.05, 3.63) is 29.8 Å². The van der Waals surface area contributed by atoms with Crippen molar-refractivity contribution in [2.24, 2.45) is 11.5 Å². The van der Waals surface area contributed by atoms with Crippen molar-refractivity contribution in [2.45, 2.75) is 56.8 Å². The van der Waals surface area contributed by atoms with Crippen LogP contribution in [0.2, 0.25) is 0 Å². The van der Waals surface area contributed by atoms with Crippen LogP contribution >= 0.6 is 0 Å². The SMILES string of the molecule is CC1(C)CN(c2ccc(C#CN)cc2)C2(N)CCCCC2N1. The zero-order valence-corrected chi connectivity index (χ0v) is 13.5. The lowest BCUT2D eigenvalue weighted by Crippen LogP contribution is -2.78. The summed E-state index contributed by atoms with van der Waals surface area (Å²) in [5, 5.41) is 3.76. The van der Waals surface area contributed by atoms with E-state index in [1.807, 2.05) is 12.1 Å². The van der Waals surface area contributed by atoms with Crippen LogP contribution in [0.3, 0.4) is 0 Å². The van der Waals surface area contributed by atoms with Gasteiger partial charge in [0.05, 0.1) is 0 Å². The highest BCUT2D eigenvalue weighted by Gasteiger charge is 2.49. The van der Waals surface area contributed by atoms with Gasteiger partial charge in [0.15, 0.2) is 0 Å². The predicted molar refractivity (Wildman–Crippen MR) is 91.2 cm³/mol. The maximum Gasteiger partial charge on any atom is 0.104 e. The minimum atomic E-state index is -0.297. The third-order valence-corrected chi connectivity index (χ3v) is 4.94. The summed E-state index contributed by atoms with van der Waals surface area (Å²) < 4.78 is 0.